The molecule has 0 aliphatic heterocycles. The molecular weight excluding hydrogens is 595 g/mol. The Morgan fingerprint density at radius 1 is 0.886 bits per heavy atom. The van der Waals surface area contributed by atoms with Crippen molar-refractivity contribution in [2.24, 2.45) is 4.99 Å². The van der Waals surface area contributed by atoms with Crippen LogP contribution in [0, 0.1) is 0 Å². The van der Waals surface area contributed by atoms with Crippen LogP contribution in [0.4, 0.5) is 5.69 Å². The zero-order valence-corrected chi connectivity index (χ0v) is 22.7. The van der Waals surface area contributed by atoms with Crippen molar-refractivity contribution in [3.63, 3.8) is 0 Å². The minimum absolute atomic E-state index is 0.00404. The Bertz CT molecular complexity index is 1470. The Labute approximate surface area is 227 Å². The number of sulfonamides is 1. The maximum atomic E-state index is 13.5. The van der Waals surface area contributed by atoms with Crippen LogP contribution in [0.2, 0.25) is 15.1 Å². The average Bonchev–Trinajstić information content (AvgIpc) is 3.27. The lowest BCUT2D eigenvalue weighted by Gasteiger charge is -2.22. The zero-order chi connectivity index (χ0) is 25.0. The summed E-state index contributed by atoms with van der Waals surface area (Å²) in [5.41, 5.74) is 1.43. The van der Waals surface area contributed by atoms with Gasteiger partial charge >= 0.3 is 0 Å². The molecule has 0 aliphatic rings. The Morgan fingerprint density at radius 2 is 1.66 bits per heavy atom. The number of hydrogen-bond acceptors (Lipinski definition) is 4. The van der Waals surface area contributed by atoms with Crippen molar-refractivity contribution in [1.82, 2.24) is 4.31 Å². The number of furan rings is 1. The van der Waals surface area contributed by atoms with Crippen molar-refractivity contribution >= 4 is 72.7 Å². The van der Waals surface area contributed by atoms with Crippen LogP contribution in [0.1, 0.15) is 17.1 Å². The summed E-state index contributed by atoms with van der Waals surface area (Å²) in [4.78, 5) is 4.52. The lowest BCUT2D eigenvalue weighted by Crippen LogP contribution is -2.30. The van der Waals surface area contributed by atoms with Crippen LogP contribution in [0.25, 0.3) is 0 Å². The van der Waals surface area contributed by atoms with Crippen molar-refractivity contribution in [3.8, 4) is 0 Å². The Kier molecular flexibility index (Phi) is 8.37. The van der Waals surface area contributed by atoms with Gasteiger partial charge in [-0.2, -0.15) is 4.31 Å². The van der Waals surface area contributed by atoms with Gasteiger partial charge in [0, 0.05) is 16.0 Å². The van der Waals surface area contributed by atoms with Crippen molar-refractivity contribution in [2.45, 2.75) is 18.0 Å². The highest BCUT2D eigenvalue weighted by Gasteiger charge is 2.26. The molecule has 0 atom stereocenters. The molecule has 0 spiro atoms. The van der Waals surface area contributed by atoms with Gasteiger partial charge in [-0.15, -0.1) is 0 Å². The Balaban J connectivity index is 1.61. The summed E-state index contributed by atoms with van der Waals surface area (Å²) >= 11 is 21.5. The molecule has 4 aromatic rings. The fourth-order valence-electron chi connectivity index (χ4n) is 3.24. The smallest absolute Gasteiger partial charge is 0.243 e. The van der Waals surface area contributed by atoms with Gasteiger partial charge < -0.3 is 4.42 Å². The maximum absolute atomic E-state index is 13.5. The minimum atomic E-state index is -3.89. The molecule has 1 aromatic heterocycles. The molecule has 0 saturated carbocycles. The van der Waals surface area contributed by atoms with Crippen LogP contribution < -0.4 is 0 Å². The summed E-state index contributed by atoms with van der Waals surface area (Å²) in [6.45, 7) is 0.0555. The van der Waals surface area contributed by atoms with Crippen LogP contribution >= 0.6 is 50.7 Å². The molecule has 0 saturated heterocycles. The van der Waals surface area contributed by atoms with Crippen LogP contribution in [-0.4, -0.2) is 18.9 Å². The van der Waals surface area contributed by atoms with Gasteiger partial charge in [0.1, 0.15) is 11.5 Å². The number of hydrogen-bond donors (Lipinski definition) is 0. The monoisotopic (exact) mass is 610 g/mol. The van der Waals surface area contributed by atoms with E-state index in [1.807, 2.05) is 24.3 Å². The molecular formula is C25H18BrCl3N2O3S. The molecule has 4 rings (SSSR count). The molecule has 180 valence electrons. The fourth-order valence-corrected chi connectivity index (χ4v) is 5.47. The highest BCUT2D eigenvalue weighted by Crippen LogP contribution is 2.27. The van der Waals surface area contributed by atoms with Gasteiger partial charge in [-0.1, -0.05) is 62.9 Å². The first-order valence-electron chi connectivity index (χ1n) is 10.3. The lowest BCUT2D eigenvalue weighted by molar-refractivity contribution is 0.357. The van der Waals surface area contributed by atoms with Gasteiger partial charge in [0.25, 0.3) is 0 Å². The quantitative estimate of drug-likeness (QED) is 0.189. The summed E-state index contributed by atoms with van der Waals surface area (Å²) in [6.07, 6.45) is 1.59. The molecule has 0 bridgehead atoms. The van der Waals surface area contributed by atoms with Gasteiger partial charge in [-0.05, 0) is 72.3 Å². The summed E-state index contributed by atoms with van der Waals surface area (Å²) in [6, 6.07) is 22.0. The molecule has 0 radical (unpaired) electrons. The topological polar surface area (TPSA) is 62.9 Å². The van der Waals surface area contributed by atoms with E-state index in [4.69, 9.17) is 39.2 Å². The predicted molar refractivity (Wildman–Crippen MR) is 144 cm³/mol. The second-order valence-electron chi connectivity index (χ2n) is 7.52. The van der Waals surface area contributed by atoms with E-state index >= 15 is 0 Å². The highest BCUT2D eigenvalue weighted by atomic mass is 79.9. The molecule has 0 unspecified atom stereocenters. The van der Waals surface area contributed by atoms with Crippen molar-refractivity contribution in [2.75, 3.05) is 0 Å². The molecule has 3 aromatic carbocycles. The van der Waals surface area contributed by atoms with Gasteiger partial charge in [0.2, 0.25) is 10.0 Å². The molecule has 1 heterocycles. The SMILES string of the molecule is O=S(=O)(c1ccc(Cl)cc1)N(Cc1ccc(Cl)c(Cl)c1)Cc1ccc(C=Nc2cccc(Br)c2)o1. The summed E-state index contributed by atoms with van der Waals surface area (Å²) in [5.74, 6) is 0.955. The molecule has 0 amide bonds. The van der Waals surface area contributed by atoms with E-state index in [1.54, 1.807) is 36.5 Å². The third kappa shape index (κ3) is 6.76. The maximum Gasteiger partial charge on any atom is 0.243 e. The van der Waals surface area contributed by atoms with Crippen LogP contribution in [0.3, 0.4) is 0 Å². The molecule has 0 fully saturated rings. The van der Waals surface area contributed by atoms with Crippen LogP contribution in [-0.2, 0) is 23.1 Å². The summed E-state index contributed by atoms with van der Waals surface area (Å²) in [5, 5.41) is 1.18. The van der Waals surface area contributed by atoms with E-state index in [0.29, 0.717) is 32.2 Å². The molecule has 35 heavy (non-hydrogen) atoms. The predicted octanol–water partition coefficient (Wildman–Crippen LogP) is 8.14. The largest absolute Gasteiger partial charge is 0.459 e. The average molecular weight is 613 g/mol. The Hall–Kier alpha value is -2.13. The second kappa shape index (κ2) is 11.3. The first kappa shape index (κ1) is 25.9. The van der Waals surface area contributed by atoms with E-state index in [9.17, 15) is 8.42 Å². The van der Waals surface area contributed by atoms with Crippen molar-refractivity contribution in [3.05, 3.63) is 115 Å². The van der Waals surface area contributed by atoms with E-state index < -0.39 is 10.0 Å². The third-order valence-corrected chi connectivity index (χ3v) is 8.25. The third-order valence-electron chi connectivity index (χ3n) is 4.96. The molecule has 10 heteroatoms. The first-order chi connectivity index (χ1) is 16.7. The van der Waals surface area contributed by atoms with Crippen LogP contribution in [0.15, 0.2) is 97.6 Å². The summed E-state index contributed by atoms with van der Waals surface area (Å²) < 4.78 is 35.1. The van der Waals surface area contributed by atoms with Crippen molar-refractivity contribution in [1.29, 1.82) is 0 Å². The molecule has 0 aliphatic carbocycles. The zero-order valence-electron chi connectivity index (χ0n) is 18.0. The molecule has 0 N–H and O–H groups in total. The van der Waals surface area contributed by atoms with Gasteiger partial charge in [-0.25, -0.2) is 8.42 Å². The number of aliphatic imine (C=N–C) groups is 1. The Morgan fingerprint density at radius 3 is 2.37 bits per heavy atom. The minimum Gasteiger partial charge on any atom is -0.459 e. The number of rotatable bonds is 8. The van der Waals surface area contributed by atoms with E-state index in [0.717, 1.165) is 10.2 Å². The van der Waals surface area contributed by atoms with E-state index in [-0.39, 0.29) is 18.0 Å². The normalized spacial score (nSPS) is 12.0. The highest BCUT2D eigenvalue weighted by molar-refractivity contribution is 9.10. The van der Waals surface area contributed by atoms with Crippen LogP contribution in [0.5, 0.6) is 0 Å². The fraction of sp³-hybridized carbons (Fsp3) is 0.0800. The first-order valence-corrected chi connectivity index (χ1v) is 13.7. The number of nitrogens with zero attached hydrogens (tertiary/aromatic N) is 2. The summed E-state index contributed by atoms with van der Waals surface area (Å²) in [7, 11) is -3.89. The lowest BCUT2D eigenvalue weighted by atomic mass is 10.2. The molecule has 5 nitrogen and oxygen atoms in total. The van der Waals surface area contributed by atoms with E-state index in [1.165, 1.54) is 28.6 Å². The standard InChI is InChI=1S/C25H18BrCl3N2O3S/c26-18-2-1-3-20(13-18)30-14-21-7-8-22(34-21)16-31(15-17-4-11-24(28)25(29)12-17)35(32,33)23-9-5-19(27)6-10-23/h1-14H,15-16H2. The number of halogens is 4. The van der Waals surface area contributed by atoms with E-state index in [2.05, 4.69) is 20.9 Å². The second-order valence-corrected chi connectivity index (χ2v) is 11.6. The van der Waals surface area contributed by atoms with Gasteiger partial charge in [-0.3, -0.25) is 4.99 Å². The van der Waals surface area contributed by atoms with Gasteiger partial charge in [0.05, 0.1) is 33.4 Å². The number of benzene rings is 3. The van der Waals surface area contributed by atoms with Crippen molar-refractivity contribution < 1.29 is 12.8 Å². The van der Waals surface area contributed by atoms with Gasteiger partial charge in [0.15, 0.2) is 0 Å².